The second-order valence-electron chi connectivity index (χ2n) is 6.00. The number of nitrogens with zero attached hydrogens (tertiary/aromatic N) is 2. The lowest BCUT2D eigenvalue weighted by Gasteiger charge is -2.15. The van der Waals surface area contributed by atoms with E-state index in [1.807, 2.05) is 13.8 Å². The summed E-state index contributed by atoms with van der Waals surface area (Å²) in [5, 5.41) is 7.17. The summed E-state index contributed by atoms with van der Waals surface area (Å²) in [5.41, 5.74) is 0.840. The van der Waals surface area contributed by atoms with Crippen LogP contribution in [0.15, 0.2) is 64.0 Å². The van der Waals surface area contributed by atoms with Crippen LogP contribution < -0.4 is 15.6 Å². The summed E-state index contributed by atoms with van der Waals surface area (Å²) >= 11 is 0. The van der Waals surface area contributed by atoms with Gasteiger partial charge in [0.2, 0.25) is 0 Å². The number of aromatic nitrogens is 2. The van der Waals surface area contributed by atoms with E-state index in [0.29, 0.717) is 29.4 Å². The fraction of sp³-hybridized carbons (Fsp3) is 0.250. The van der Waals surface area contributed by atoms with Gasteiger partial charge in [-0.1, -0.05) is 0 Å². The van der Waals surface area contributed by atoms with Gasteiger partial charge in [-0.05, 0) is 56.3 Å². The third kappa shape index (κ3) is 4.44. The molecule has 1 aromatic carbocycles. The van der Waals surface area contributed by atoms with E-state index >= 15 is 0 Å². The van der Waals surface area contributed by atoms with E-state index in [0.717, 1.165) is 0 Å². The molecular weight excluding hydrogens is 346 g/mol. The molecule has 0 radical (unpaired) electrons. The lowest BCUT2D eigenvalue weighted by molar-refractivity contribution is 0.0947. The van der Waals surface area contributed by atoms with Crippen LogP contribution in [0.3, 0.4) is 0 Å². The number of hydrogen-bond donors (Lipinski definition) is 1. The summed E-state index contributed by atoms with van der Waals surface area (Å²) in [6.07, 6.45) is 1.55. The van der Waals surface area contributed by atoms with Gasteiger partial charge in [-0.15, -0.1) is 0 Å². The first-order valence-corrected chi connectivity index (χ1v) is 8.73. The fourth-order valence-corrected chi connectivity index (χ4v) is 2.59. The average molecular weight is 367 g/mol. The summed E-state index contributed by atoms with van der Waals surface area (Å²) in [6, 6.07) is 13.2. The molecular formula is C20H21N3O4. The standard InChI is InChI=1S/C20H21N3O4/c1-3-26-16-8-6-15(7-9-16)20(25)21-13-14(2)23-19(24)11-10-17(22-23)18-5-4-12-27-18/h4-12,14H,3,13H2,1-2H3,(H,21,25). The molecule has 0 bridgehead atoms. The number of carbonyl (C=O) groups is 1. The van der Waals surface area contributed by atoms with Gasteiger partial charge in [0.25, 0.3) is 11.5 Å². The molecule has 0 aliphatic heterocycles. The first-order valence-electron chi connectivity index (χ1n) is 8.73. The van der Waals surface area contributed by atoms with Gasteiger partial charge in [-0.25, -0.2) is 4.68 Å². The average Bonchev–Trinajstić information content (AvgIpc) is 3.22. The first kappa shape index (κ1) is 18.4. The van der Waals surface area contributed by atoms with Crippen LogP contribution in [-0.2, 0) is 0 Å². The fourth-order valence-electron chi connectivity index (χ4n) is 2.59. The van der Waals surface area contributed by atoms with Gasteiger partial charge in [0, 0.05) is 18.2 Å². The summed E-state index contributed by atoms with van der Waals surface area (Å²) in [4.78, 5) is 24.5. The van der Waals surface area contributed by atoms with Gasteiger partial charge < -0.3 is 14.5 Å². The van der Waals surface area contributed by atoms with Crippen molar-refractivity contribution < 1.29 is 13.9 Å². The number of amides is 1. The third-order valence-electron chi connectivity index (χ3n) is 4.00. The molecule has 2 heterocycles. The maximum absolute atomic E-state index is 12.3. The van der Waals surface area contributed by atoms with Crippen molar-refractivity contribution in [3.8, 4) is 17.2 Å². The summed E-state index contributed by atoms with van der Waals surface area (Å²) in [7, 11) is 0. The van der Waals surface area contributed by atoms with Crippen molar-refractivity contribution in [3.63, 3.8) is 0 Å². The Bertz CT molecular complexity index is 946. The maximum Gasteiger partial charge on any atom is 0.267 e. The molecule has 0 aliphatic carbocycles. The van der Waals surface area contributed by atoms with Gasteiger partial charge in [0.1, 0.15) is 11.4 Å². The molecule has 0 fully saturated rings. The number of carbonyl (C=O) groups excluding carboxylic acids is 1. The van der Waals surface area contributed by atoms with Crippen LogP contribution in [0.2, 0.25) is 0 Å². The predicted molar refractivity (Wildman–Crippen MR) is 101 cm³/mol. The molecule has 1 amide bonds. The zero-order valence-electron chi connectivity index (χ0n) is 15.2. The first-order chi connectivity index (χ1) is 13.1. The Balaban J connectivity index is 1.66. The smallest absolute Gasteiger partial charge is 0.267 e. The highest BCUT2D eigenvalue weighted by molar-refractivity contribution is 5.94. The van der Waals surface area contributed by atoms with Crippen LogP contribution in [0.1, 0.15) is 30.2 Å². The summed E-state index contributed by atoms with van der Waals surface area (Å²) in [5.74, 6) is 1.07. The van der Waals surface area contributed by atoms with Gasteiger partial charge in [0.05, 0.1) is 18.9 Å². The summed E-state index contributed by atoms with van der Waals surface area (Å²) in [6.45, 7) is 4.56. The molecule has 7 heteroatoms. The van der Waals surface area contributed by atoms with Crippen LogP contribution >= 0.6 is 0 Å². The predicted octanol–water partition coefficient (Wildman–Crippen LogP) is 2.89. The van der Waals surface area contributed by atoms with Gasteiger partial charge >= 0.3 is 0 Å². The Morgan fingerprint density at radius 1 is 1.22 bits per heavy atom. The number of nitrogens with one attached hydrogen (secondary N) is 1. The monoisotopic (exact) mass is 367 g/mol. The van der Waals surface area contributed by atoms with Crippen LogP contribution in [0.25, 0.3) is 11.5 Å². The molecule has 3 rings (SSSR count). The number of rotatable bonds is 7. The van der Waals surface area contributed by atoms with Gasteiger partial charge in [-0.3, -0.25) is 9.59 Å². The molecule has 27 heavy (non-hydrogen) atoms. The number of ether oxygens (including phenoxy) is 1. The Labute approximate surface area is 156 Å². The van der Waals surface area contributed by atoms with Gasteiger partial charge in [-0.2, -0.15) is 5.10 Å². The van der Waals surface area contributed by atoms with E-state index in [-0.39, 0.29) is 24.1 Å². The minimum absolute atomic E-state index is 0.222. The second kappa shape index (κ2) is 8.35. The minimum atomic E-state index is -0.320. The highest BCUT2D eigenvalue weighted by Gasteiger charge is 2.13. The van der Waals surface area contributed by atoms with Crippen molar-refractivity contribution in [2.45, 2.75) is 19.9 Å². The van der Waals surface area contributed by atoms with E-state index in [2.05, 4.69) is 10.4 Å². The SMILES string of the molecule is CCOc1ccc(C(=O)NCC(C)n2nc(-c3ccco3)ccc2=O)cc1. The van der Waals surface area contributed by atoms with Crippen LogP contribution in [-0.4, -0.2) is 28.8 Å². The van der Waals surface area contributed by atoms with Gasteiger partial charge in [0.15, 0.2) is 5.76 Å². The Kier molecular flexibility index (Phi) is 5.71. The number of benzene rings is 1. The lowest BCUT2D eigenvalue weighted by Crippen LogP contribution is -2.34. The van der Waals surface area contributed by atoms with Crippen LogP contribution in [0.4, 0.5) is 0 Å². The zero-order chi connectivity index (χ0) is 19.2. The van der Waals surface area contributed by atoms with E-state index in [4.69, 9.17) is 9.15 Å². The Morgan fingerprint density at radius 3 is 2.67 bits per heavy atom. The molecule has 1 unspecified atom stereocenters. The molecule has 0 aliphatic rings. The zero-order valence-corrected chi connectivity index (χ0v) is 15.2. The van der Waals surface area contributed by atoms with Crippen molar-refractivity contribution in [2.75, 3.05) is 13.2 Å². The molecule has 2 aromatic heterocycles. The Hall–Kier alpha value is -3.35. The molecule has 7 nitrogen and oxygen atoms in total. The van der Waals surface area contributed by atoms with Crippen LogP contribution in [0.5, 0.6) is 5.75 Å². The van der Waals surface area contributed by atoms with Crippen molar-refractivity contribution in [2.24, 2.45) is 0 Å². The van der Waals surface area contributed by atoms with E-state index in [9.17, 15) is 9.59 Å². The molecule has 1 N–H and O–H groups in total. The number of furan rings is 1. The summed E-state index contributed by atoms with van der Waals surface area (Å²) < 4.78 is 12.0. The van der Waals surface area contributed by atoms with Crippen molar-refractivity contribution in [3.05, 3.63) is 70.7 Å². The van der Waals surface area contributed by atoms with Crippen molar-refractivity contribution >= 4 is 5.91 Å². The number of hydrogen-bond acceptors (Lipinski definition) is 5. The topological polar surface area (TPSA) is 86.4 Å². The lowest BCUT2D eigenvalue weighted by atomic mass is 10.2. The Morgan fingerprint density at radius 2 is 2.00 bits per heavy atom. The van der Waals surface area contributed by atoms with Crippen LogP contribution in [0, 0.1) is 0 Å². The highest BCUT2D eigenvalue weighted by atomic mass is 16.5. The largest absolute Gasteiger partial charge is 0.494 e. The minimum Gasteiger partial charge on any atom is -0.494 e. The van der Waals surface area contributed by atoms with E-state index in [1.54, 1.807) is 48.7 Å². The molecule has 0 saturated heterocycles. The molecule has 0 saturated carbocycles. The molecule has 3 aromatic rings. The molecule has 140 valence electrons. The van der Waals surface area contributed by atoms with E-state index < -0.39 is 0 Å². The molecule has 1 atom stereocenters. The normalized spacial score (nSPS) is 11.8. The van der Waals surface area contributed by atoms with E-state index in [1.165, 1.54) is 10.7 Å². The van der Waals surface area contributed by atoms with Crippen molar-refractivity contribution in [1.82, 2.24) is 15.1 Å². The maximum atomic E-state index is 12.3. The second-order valence-corrected chi connectivity index (χ2v) is 6.00. The van der Waals surface area contributed by atoms with Crippen molar-refractivity contribution in [1.29, 1.82) is 0 Å². The quantitative estimate of drug-likeness (QED) is 0.694. The third-order valence-corrected chi connectivity index (χ3v) is 4.00. The highest BCUT2D eigenvalue weighted by Crippen LogP contribution is 2.16. The molecule has 0 spiro atoms.